The van der Waals surface area contributed by atoms with Gasteiger partial charge in [0.05, 0.1) is 5.56 Å². The van der Waals surface area contributed by atoms with Crippen LogP contribution in [0.1, 0.15) is 12.5 Å². The molecule has 0 unspecified atom stereocenters. The highest BCUT2D eigenvalue weighted by Crippen LogP contribution is 2.33. The Morgan fingerprint density at radius 2 is 2.00 bits per heavy atom. The van der Waals surface area contributed by atoms with Crippen molar-refractivity contribution in [3.8, 4) is 11.5 Å². The first-order valence-electron chi connectivity index (χ1n) is 6.21. The first kappa shape index (κ1) is 15.7. The third kappa shape index (κ3) is 3.71. The molecule has 0 aromatic heterocycles. The first-order chi connectivity index (χ1) is 10.0. The topological polar surface area (TPSA) is 35.2 Å². The van der Waals surface area contributed by atoms with E-state index in [0.717, 1.165) is 22.8 Å². The molecule has 0 aliphatic heterocycles. The largest absolute Gasteiger partial charge is 0.453 e. The van der Waals surface area contributed by atoms with Gasteiger partial charge in [-0.3, -0.25) is 0 Å². The van der Waals surface area contributed by atoms with E-state index in [1.54, 1.807) is 23.9 Å². The third-order valence-corrected chi connectivity index (χ3v) is 3.79. The summed E-state index contributed by atoms with van der Waals surface area (Å²) < 4.78 is 32.1. The number of benzene rings is 2. The number of ether oxygens (including phenoxy) is 1. The molecule has 2 nitrogen and oxygen atoms in total. The van der Waals surface area contributed by atoms with Gasteiger partial charge in [-0.05, 0) is 30.0 Å². The van der Waals surface area contributed by atoms with Crippen molar-refractivity contribution in [3.63, 3.8) is 0 Å². The maximum Gasteiger partial charge on any atom is 0.168 e. The van der Waals surface area contributed by atoms with E-state index in [0.29, 0.717) is 11.3 Å². The lowest BCUT2D eigenvalue weighted by Crippen LogP contribution is -2.12. The zero-order valence-corrected chi connectivity index (χ0v) is 12.9. The Kier molecular flexibility index (Phi) is 5.14. The summed E-state index contributed by atoms with van der Waals surface area (Å²) in [5.74, 6) is -0.328. The predicted octanol–water partition coefficient (Wildman–Crippen LogP) is 4.50. The molecule has 0 heterocycles. The van der Waals surface area contributed by atoms with Gasteiger partial charge in [0, 0.05) is 11.0 Å². The Labute approximate surface area is 131 Å². The summed E-state index contributed by atoms with van der Waals surface area (Å²) in [6.45, 7) is 2.00. The zero-order valence-electron chi connectivity index (χ0n) is 11.2. The van der Waals surface area contributed by atoms with Gasteiger partial charge in [-0.1, -0.05) is 25.2 Å². The van der Waals surface area contributed by atoms with Gasteiger partial charge in [-0.25, -0.2) is 8.78 Å². The molecule has 0 fully saturated rings. The average Bonchev–Trinajstić information content (AvgIpc) is 2.42. The molecule has 0 spiro atoms. The predicted molar refractivity (Wildman–Crippen MR) is 85.2 cm³/mol. The van der Waals surface area contributed by atoms with Crippen molar-refractivity contribution in [2.75, 3.05) is 5.75 Å². The van der Waals surface area contributed by atoms with Crippen molar-refractivity contribution < 1.29 is 13.5 Å². The molecule has 0 saturated heterocycles. The molecule has 0 saturated carbocycles. The fourth-order valence-corrected chi connectivity index (χ4v) is 2.91. The molecule has 110 valence electrons. The van der Waals surface area contributed by atoms with Gasteiger partial charge in [0.15, 0.2) is 11.6 Å². The van der Waals surface area contributed by atoms with Crippen LogP contribution in [0.4, 0.5) is 8.78 Å². The fourth-order valence-electron chi connectivity index (χ4n) is 1.79. The van der Waals surface area contributed by atoms with E-state index in [2.05, 4.69) is 0 Å². The maximum absolute atomic E-state index is 13.7. The molecule has 0 atom stereocenters. The first-order valence-corrected chi connectivity index (χ1v) is 7.60. The van der Waals surface area contributed by atoms with Crippen LogP contribution in [0.15, 0.2) is 41.3 Å². The van der Waals surface area contributed by atoms with Crippen molar-refractivity contribution in [2.24, 2.45) is 5.73 Å². The summed E-state index contributed by atoms with van der Waals surface area (Å²) in [5, 5.41) is 0. The highest BCUT2D eigenvalue weighted by molar-refractivity contribution is 7.99. The summed E-state index contributed by atoms with van der Waals surface area (Å²) in [6.07, 6.45) is 0. The molecular formula is C15H13F2NOS2. The Balaban J connectivity index is 2.43. The van der Waals surface area contributed by atoms with Crippen LogP contribution in [0.2, 0.25) is 0 Å². The number of thioether (sulfide) groups is 1. The minimum atomic E-state index is -0.780. The second kappa shape index (κ2) is 6.87. The van der Waals surface area contributed by atoms with E-state index >= 15 is 0 Å². The maximum atomic E-state index is 13.7. The van der Waals surface area contributed by atoms with Crippen LogP contribution >= 0.6 is 24.0 Å². The Morgan fingerprint density at radius 3 is 2.62 bits per heavy atom. The SMILES string of the molecule is CCSc1cccc(Oc2ccc(F)cc2F)c1C(N)=S. The Morgan fingerprint density at radius 1 is 1.24 bits per heavy atom. The summed E-state index contributed by atoms with van der Waals surface area (Å²) >= 11 is 6.61. The van der Waals surface area contributed by atoms with E-state index in [1.807, 2.05) is 13.0 Å². The van der Waals surface area contributed by atoms with Crippen LogP contribution in [0.5, 0.6) is 11.5 Å². The van der Waals surface area contributed by atoms with Crippen molar-refractivity contribution in [1.82, 2.24) is 0 Å². The van der Waals surface area contributed by atoms with Crippen LogP contribution in [0, 0.1) is 11.6 Å². The van der Waals surface area contributed by atoms with Crippen LogP contribution in [-0.4, -0.2) is 10.7 Å². The van der Waals surface area contributed by atoms with Gasteiger partial charge in [0.2, 0.25) is 0 Å². The molecule has 0 bridgehead atoms. The molecule has 2 rings (SSSR count). The summed E-state index contributed by atoms with van der Waals surface area (Å²) in [4.78, 5) is 1.04. The lowest BCUT2D eigenvalue weighted by atomic mass is 10.2. The minimum Gasteiger partial charge on any atom is -0.453 e. The summed E-state index contributed by atoms with van der Waals surface area (Å²) in [7, 11) is 0. The minimum absolute atomic E-state index is 0.0763. The fraction of sp³-hybridized carbons (Fsp3) is 0.133. The number of thiocarbonyl (C=S) groups is 1. The normalized spacial score (nSPS) is 10.4. The third-order valence-electron chi connectivity index (χ3n) is 2.65. The van der Waals surface area contributed by atoms with Crippen LogP contribution in [0.25, 0.3) is 0 Å². The molecule has 2 aromatic rings. The summed E-state index contributed by atoms with van der Waals surface area (Å²) in [6, 6.07) is 8.42. The highest BCUT2D eigenvalue weighted by Gasteiger charge is 2.15. The van der Waals surface area contributed by atoms with Gasteiger partial charge in [-0.15, -0.1) is 11.8 Å². The second-order valence-electron chi connectivity index (χ2n) is 4.10. The van der Waals surface area contributed by atoms with E-state index in [9.17, 15) is 8.78 Å². The molecule has 0 amide bonds. The van der Waals surface area contributed by atoms with E-state index in [-0.39, 0.29) is 10.7 Å². The monoisotopic (exact) mass is 325 g/mol. The lowest BCUT2D eigenvalue weighted by molar-refractivity contribution is 0.436. The van der Waals surface area contributed by atoms with Crippen LogP contribution in [-0.2, 0) is 0 Å². The molecular weight excluding hydrogens is 312 g/mol. The highest BCUT2D eigenvalue weighted by atomic mass is 32.2. The molecule has 2 aromatic carbocycles. The molecule has 2 N–H and O–H groups in total. The second-order valence-corrected chi connectivity index (χ2v) is 5.85. The quantitative estimate of drug-likeness (QED) is 0.648. The van der Waals surface area contributed by atoms with Gasteiger partial charge in [0.25, 0.3) is 0 Å². The van der Waals surface area contributed by atoms with E-state index in [4.69, 9.17) is 22.7 Å². The van der Waals surface area contributed by atoms with Crippen molar-refractivity contribution >= 4 is 29.0 Å². The summed E-state index contributed by atoms with van der Waals surface area (Å²) in [5.41, 5.74) is 6.30. The van der Waals surface area contributed by atoms with Crippen molar-refractivity contribution in [3.05, 3.63) is 53.6 Å². The number of halogens is 2. The number of hydrogen-bond donors (Lipinski definition) is 1. The average molecular weight is 325 g/mol. The number of hydrogen-bond acceptors (Lipinski definition) is 3. The van der Waals surface area contributed by atoms with E-state index < -0.39 is 11.6 Å². The van der Waals surface area contributed by atoms with Crippen LogP contribution < -0.4 is 10.5 Å². The van der Waals surface area contributed by atoms with Crippen molar-refractivity contribution in [2.45, 2.75) is 11.8 Å². The van der Waals surface area contributed by atoms with Gasteiger partial charge in [0.1, 0.15) is 16.6 Å². The van der Waals surface area contributed by atoms with Crippen LogP contribution in [0.3, 0.4) is 0 Å². The van der Waals surface area contributed by atoms with E-state index in [1.165, 1.54) is 6.07 Å². The smallest absolute Gasteiger partial charge is 0.168 e. The molecule has 6 heteroatoms. The molecule has 0 radical (unpaired) electrons. The zero-order chi connectivity index (χ0) is 15.4. The molecule has 21 heavy (non-hydrogen) atoms. The van der Waals surface area contributed by atoms with Gasteiger partial charge < -0.3 is 10.5 Å². The number of nitrogens with two attached hydrogens (primary N) is 1. The van der Waals surface area contributed by atoms with Gasteiger partial charge >= 0.3 is 0 Å². The molecule has 0 aliphatic carbocycles. The standard InChI is InChI=1S/C15H13F2NOS2/c1-2-21-13-5-3-4-12(14(13)15(18)20)19-11-7-6-9(16)8-10(11)17/h3-8H,2H2,1H3,(H2,18,20). The molecule has 0 aliphatic rings. The van der Waals surface area contributed by atoms with Gasteiger partial charge in [-0.2, -0.15) is 0 Å². The lowest BCUT2D eigenvalue weighted by Gasteiger charge is -2.14. The Bertz CT molecular complexity index is 677. The van der Waals surface area contributed by atoms with Crippen molar-refractivity contribution in [1.29, 1.82) is 0 Å². The number of rotatable bonds is 5. The Hall–Kier alpha value is -1.66.